The molecule has 0 rings (SSSR count). The molecule has 0 amide bonds. The van der Waals surface area contributed by atoms with E-state index in [2.05, 4.69) is 32.1 Å². The largest absolute Gasteiger partial charge is 0.309 e. The normalized spacial score (nSPS) is 13.8. The topological polar surface area (TPSA) is 23.9 Å². The molecule has 0 aromatic heterocycles. The van der Waals surface area contributed by atoms with E-state index >= 15 is 0 Å². The molecule has 0 radical (unpaired) electrons. The molecule has 0 atom stereocenters. The smallest absolute Gasteiger partial charge is 0.0180 e. The summed E-state index contributed by atoms with van der Waals surface area (Å²) >= 11 is 0. The Morgan fingerprint density at radius 2 is 1.77 bits per heavy atom. The molecule has 0 aliphatic heterocycles. The van der Waals surface area contributed by atoms with Crippen LogP contribution in [-0.4, -0.2) is 6.21 Å². The van der Waals surface area contributed by atoms with Gasteiger partial charge in [0, 0.05) is 6.21 Å². The van der Waals surface area contributed by atoms with Gasteiger partial charge >= 0.3 is 0 Å². The van der Waals surface area contributed by atoms with E-state index in [9.17, 15) is 0 Å². The maximum Gasteiger partial charge on any atom is 0.0180 e. The van der Waals surface area contributed by atoms with Gasteiger partial charge in [-0.3, -0.25) is 0 Å². The number of hydrogen-bond acceptors (Lipinski definition) is 1. The van der Waals surface area contributed by atoms with E-state index < -0.39 is 0 Å². The Morgan fingerprint density at radius 3 is 2.31 bits per heavy atom. The van der Waals surface area contributed by atoms with Gasteiger partial charge in [-0.25, -0.2) is 0 Å². The minimum atomic E-state index is 1.14. The first-order valence-corrected chi connectivity index (χ1v) is 4.73. The zero-order valence-electron chi connectivity index (χ0n) is 8.80. The standard InChI is InChI=1S/C12H19N/c1-4-5-6-7-8-11(2)12(3)9-10-13/h6-10,13H,4-5H2,1-3H3/b7-6-,11-8-,12-9+,13-10?. The van der Waals surface area contributed by atoms with Crippen molar-refractivity contribution in [3.63, 3.8) is 0 Å². The number of unbranched alkanes of at least 4 members (excludes halogenated alkanes) is 1. The van der Waals surface area contributed by atoms with Gasteiger partial charge in [0.1, 0.15) is 0 Å². The van der Waals surface area contributed by atoms with Crippen LogP contribution >= 0.6 is 0 Å². The van der Waals surface area contributed by atoms with E-state index in [4.69, 9.17) is 5.41 Å². The van der Waals surface area contributed by atoms with Crippen LogP contribution in [0.4, 0.5) is 0 Å². The summed E-state index contributed by atoms with van der Waals surface area (Å²) < 4.78 is 0. The van der Waals surface area contributed by atoms with Crippen LogP contribution in [0.1, 0.15) is 33.6 Å². The van der Waals surface area contributed by atoms with Crippen LogP contribution in [0.5, 0.6) is 0 Å². The SMILES string of the molecule is CCC\C=C/C=C(C)\C(C)=C\C=N. The predicted octanol–water partition coefficient (Wildman–Crippen LogP) is 3.88. The minimum absolute atomic E-state index is 1.14. The van der Waals surface area contributed by atoms with E-state index in [0.29, 0.717) is 0 Å². The van der Waals surface area contributed by atoms with Crippen molar-refractivity contribution in [2.45, 2.75) is 33.6 Å². The minimum Gasteiger partial charge on any atom is -0.309 e. The molecule has 0 aromatic rings. The fourth-order valence-corrected chi connectivity index (χ4v) is 0.863. The molecule has 0 aliphatic carbocycles. The zero-order valence-corrected chi connectivity index (χ0v) is 8.80. The summed E-state index contributed by atoms with van der Waals surface area (Å²) in [6, 6.07) is 0. The van der Waals surface area contributed by atoms with Gasteiger partial charge in [0.05, 0.1) is 0 Å². The molecule has 0 fully saturated rings. The molecule has 0 spiro atoms. The van der Waals surface area contributed by atoms with E-state index in [1.165, 1.54) is 18.2 Å². The van der Waals surface area contributed by atoms with Crippen LogP contribution in [-0.2, 0) is 0 Å². The lowest BCUT2D eigenvalue weighted by atomic mass is 10.1. The molecule has 0 heterocycles. The van der Waals surface area contributed by atoms with Gasteiger partial charge in [-0.05, 0) is 37.5 Å². The monoisotopic (exact) mass is 177 g/mol. The molecular weight excluding hydrogens is 158 g/mol. The third-order valence-electron chi connectivity index (χ3n) is 1.89. The van der Waals surface area contributed by atoms with Crippen molar-refractivity contribution >= 4 is 6.21 Å². The second kappa shape index (κ2) is 7.53. The van der Waals surface area contributed by atoms with Crippen LogP contribution in [0.25, 0.3) is 0 Å². The maximum absolute atomic E-state index is 6.92. The summed E-state index contributed by atoms with van der Waals surface area (Å²) in [6.07, 6.45) is 11.8. The quantitative estimate of drug-likeness (QED) is 0.486. The van der Waals surface area contributed by atoms with E-state index in [1.807, 2.05) is 6.92 Å². The van der Waals surface area contributed by atoms with Crippen molar-refractivity contribution in [1.82, 2.24) is 0 Å². The molecule has 0 saturated carbocycles. The highest BCUT2D eigenvalue weighted by Gasteiger charge is 1.87. The average molecular weight is 177 g/mol. The number of hydrogen-bond donors (Lipinski definition) is 1. The highest BCUT2D eigenvalue weighted by atomic mass is 14.3. The molecule has 0 bridgehead atoms. The van der Waals surface area contributed by atoms with Crippen LogP contribution < -0.4 is 0 Å². The second-order valence-corrected chi connectivity index (χ2v) is 3.08. The third kappa shape index (κ3) is 6.09. The van der Waals surface area contributed by atoms with E-state index in [-0.39, 0.29) is 0 Å². The first-order chi connectivity index (χ1) is 6.22. The van der Waals surface area contributed by atoms with Gasteiger partial charge < -0.3 is 5.41 Å². The molecule has 1 heteroatoms. The van der Waals surface area contributed by atoms with Crippen LogP contribution in [0.3, 0.4) is 0 Å². The van der Waals surface area contributed by atoms with Gasteiger partial charge in [-0.2, -0.15) is 0 Å². The Morgan fingerprint density at radius 1 is 1.15 bits per heavy atom. The highest BCUT2D eigenvalue weighted by molar-refractivity contribution is 5.70. The molecule has 1 N–H and O–H groups in total. The van der Waals surface area contributed by atoms with Gasteiger partial charge in [0.15, 0.2) is 0 Å². The lowest BCUT2D eigenvalue weighted by molar-refractivity contribution is 0.958. The zero-order chi connectivity index (χ0) is 10.1. The van der Waals surface area contributed by atoms with Gasteiger partial charge in [-0.15, -0.1) is 0 Å². The number of nitrogens with one attached hydrogen (secondary N) is 1. The van der Waals surface area contributed by atoms with Gasteiger partial charge in [0.2, 0.25) is 0 Å². The van der Waals surface area contributed by atoms with Crippen molar-refractivity contribution in [2.75, 3.05) is 0 Å². The highest BCUT2D eigenvalue weighted by Crippen LogP contribution is 2.07. The summed E-state index contributed by atoms with van der Waals surface area (Å²) in [5.41, 5.74) is 2.37. The summed E-state index contributed by atoms with van der Waals surface area (Å²) in [7, 11) is 0. The van der Waals surface area contributed by atoms with Gasteiger partial charge in [-0.1, -0.05) is 31.6 Å². The Bertz CT molecular complexity index is 232. The first-order valence-electron chi connectivity index (χ1n) is 4.73. The van der Waals surface area contributed by atoms with Crippen LogP contribution in [0, 0.1) is 5.41 Å². The summed E-state index contributed by atoms with van der Waals surface area (Å²) in [6.45, 7) is 6.25. The van der Waals surface area contributed by atoms with Crippen molar-refractivity contribution < 1.29 is 0 Å². The van der Waals surface area contributed by atoms with E-state index in [0.717, 1.165) is 12.0 Å². The summed E-state index contributed by atoms with van der Waals surface area (Å²) in [5, 5.41) is 6.92. The summed E-state index contributed by atoms with van der Waals surface area (Å²) in [4.78, 5) is 0. The number of allylic oxidation sites excluding steroid dienone is 6. The summed E-state index contributed by atoms with van der Waals surface area (Å²) in [5.74, 6) is 0. The maximum atomic E-state index is 6.92. The van der Waals surface area contributed by atoms with E-state index in [1.54, 1.807) is 6.08 Å². The molecule has 72 valence electrons. The fraction of sp³-hybridized carbons (Fsp3) is 0.417. The third-order valence-corrected chi connectivity index (χ3v) is 1.89. The molecular formula is C12H19N. The van der Waals surface area contributed by atoms with Crippen molar-refractivity contribution in [2.24, 2.45) is 0 Å². The Balaban J connectivity index is 4.16. The van der Waals surface area contributed by atoms with Gasteiger partial charge in [0.25, 0.3) is 0 Å². The van der Waals surface area contributed by atoms with Crippen molar-refractivity contribution in [3.05, 3.63) is 35.5 Å². The van der Waals surface area contributed by atoms with Crippen molar-refractivity contribution in [1.29, 1.82) is 5.41 Å². The molecule has 0 aromatic carbocycles. The predicted molar refractivity (Wildman–Crippen MR) is 60.3 cm³/mol. The molecule has 0 aliphatic rings. The Labute approximate surface area is 81.4 Å². The lowest BCUT2D eigenvalue weighted by Crippen LogP contribution is -1.78. The lowest BCUT2D eigenvalue weighted by Gasteiger charge is -1.96. The number of rotatable bonds is 5. The van der Waals surface area contributed by atoms with Crippen molar-refractivity contribution in [3.8, 4) is 0 Å². The molecule has 13 heavy (non-hydrogen) atoms. The molecule has 1 nitrogen and oxygen atoms in total. The Hall–Kier alpha value is -1.11. The Kier molecular flexibility index (Phi) is 6.89. The second-order valence-electron chi connectivity index (χ2n) is 3.08. The average Bonchev–Trinajstić information content (AvgIpc) is 2.12. The van der Waals surface area contributed by atoms with Crippen LogP contribution in [0.15, 0.2) is 35.5 Å². The first kappa shape index (κ1) is 11.9. The fourth-order valence-electron chi connectivity index (χ4n) is 0.863. The van der Waals surface area contributed by atoms with Crippen LogP contribution in [0.2, 0.25) is 0 Å². The molecule has 0 unspecified atom stereocenters. The molecule has 0 saturated heterocycles.